The first-order valence-corrected chi connectivity index (χ1v) is 6.44. The van der Waals surface area contributed by atoms with Crippen LogP contribution in [0.15, 0.2) is 24.8 Å². The molecular formula is C14H18N4. The van der Waals surface area contributed by atoms with Crippen LogP contribution in [0.5, 0.6) is 0 Å². The van der Waals surface area contributed by atoms with Crippen molar-refractivity contribution in [3.05, 3.63) is 24.8 Å². The van der Waals surface area contributed by atoms with Crippen LogP contribution in [0.4, 0.5) is 0 Å². The van der Waals surface area contributed by atoms with Crippen molar-refractivity contribution in [1.82, 2.24) is 15.0 Å². The highest BCUT2D eigenvalue weighted by atomic mass is 14.9. The zero-order valence-electron chi connectivity index (χ0n) is 10.6. The maximum absolute atomic E-state index is 8.55. The minimum atomic E-state index is 0.299. The highest BCUT2D eigenvalue weighted by molar-refractivity contribution is 5.73. The first-order valence-electron chi connectivity index (χ1n) is 6.44. The molecule has 0 aromatic carbocycles. The molecule has 3 rings (SSSR count). The van der Waals surface area contributed by atoms with Crippen LogP contribution >= 0.6 is 0 Å². The number of nitriles is 1. The summed E-state index contributed by atoms with van der Waals surface area (Å²) in [6.45, 7) is 2.04. The SMILES string of the molecule is CC(C#N)C1CCCC1.c1ncc2cc[nH]c2n1. The normalized spacial score (nSPS) is 16.9. The molecule has 1 atom stereocenters. The van der Waals surface area contributed by atoms with E-state index in [4.69, 9.17) is 5.26 Å². The number of H-pyrrole nitrogens is 1. The Morgan fingerprint density at radius 2 is 2.22 bits per heavy atom. The van der Waals surface area contributed by atoms with Gasteiger partial charge in [-0.05, 0) is 31.7 Å². The molecule has 0 amide bonds. The van der Waals surface area contributed by atoms with Gasteiger partial charge in [-0.2, -0.15) is 5.26 Å². The van der Waals surface area contributed by atoms with Crippen molar-refractivity contribution >= 4 is 11.0 Å². The van der Waals surface area contributed by atoms with E-state index >= 15 is 0 Å². The quantitative estimate of drug-likeness (QED) is 0.834. The molecule has 0 spiro atoms. The highest BCUT2D eigenvalue weighted by Gasteiger charge is 2.20. The Hall–Kier alpha value is -1.89. The standard InChI is InChI=1S/C8H13N.C6H5N3/c1-7(6-9)8-4-2-3-5-8;1-2-8-6-5(1)3-7-4-9-6/h7-8H,2-5H2,1H3;1-4H,(H,7,8,9). The molecule has 0 radical (unpaired) electrons. The number of nitrogens with one attached hydrogen (secondary N) is 1. The number of aromatic amines is 1. The van der Waals surface area contributed by atoms with Gasteiger partial charge in [-0.3, -0.25) is 0 Å². The molecular weight excluding hydrogens is 224 g/mol. The third kappa shape index (κ3) is 3.07. The summed E-state index contributed by atoms with van der Waals surface area (Å²) in [7, 11) is 0. The van der Waals surface area contributed by atoms with Crippen molar-refractivity contribution in [2.45, 2.75) is 32.6 Å². The fraction of sp³-hybridized carbons (Fsp3) is 0.500. The minimum Gasteiger partial charge on any atom is -0.346 e. The van der Waals surface area contributed by atoms with E-state index in [2.05, 4.69) is 21.0 Å². The van der Waals surface area contributed by atoms with Crippen LogP contribution in [-0.4, -0.2) is 15.0 Å². The molecule has 1 aliphatic rings. The lowest BCUT2D eigenvalue weighted by atomic mass is 9.94. The molecule has 1 N–H and O–H groups in total. The third-order valence-corrected chi connectivity index (χ3v) is 3.53. The molecule has 1 fully saturated rings. The van der Waals surface area contributed by atoms with Crippen molar-refractivity contribution < 1.29 is 0 Å². The fourth-order valence-corrected chi connectivity index (χ4v) is 2.36. The van der Waals surface area contributed by atoms with E-state index < -0.39 is 0 Å². The van der Waals surface area contributed by atoms with Crippen LogP contribution in [0.2, 0.25) is 0 Å². The van der Waals surface area contributed by atoms with E-state index in [-0.39, 0.29) is 0 Å². The minimum absolute atomic E-state index is 0.299. The number of nitrogens with zero attached hydrogens (tertiary/aromatic N) is 3. The van der Waals surface area contributed by atoms with Gasteiger partial charge in [0.25, 0.3) is 0 Å². The van der Waals surface area contributed by atoms with E-state index in [9.17, 15) is 0 Å². The van der Waals surface area contributed by atoms with Crippen LogP contribution < -0.4 is 0 Å². The number of aromatic nitrogens is 3. The predicted molar refractivity (Wildman–Crippen MR) is 70.6 cm³/mol. The van der Waals surface area contributed by atoms with Crippen molar-refractivity contribution in [3.8, 4) is 6.07 Å². The molecule has 0 bridgehead atoms. The molecule has 4 nitrogen and oxygen atoms in total. The third-order valence-electron chi connectivity index (χ3n) is 3.53. The van der Waals surface area contributed by atoms with Crippen LogP contribution in [0.25, 0.3) is 11.0 Å². The van der Waals surface area contributed by atoms with Gasteiger partial charge < -0.3 is 4.98 Å². The van der Waals surface area contributed by atoms with Crippen molar-refractivity contribution in [2.75, 3.05) is 0 Å². The molecule has 1 aliphatic carbocycles. The topological polar surface area (TPSA) is 65.4 Å². The summed E-state index contributed by atoms with van der Waals surface area (Å²) >= 11 is 0. The average molecular weight is 242 g/mol. The van der Waals surface area contributed by atoms with Crippen LogP contribution in [0, 0.1) is 23.2 Å². The molecule has 0 aliphatic heterocycles. The second-order valence-corrected chi connectivity index (χ2v) is 4.77. The monoisotopic (exact) mass is 242 g/mol. The molecule has 2 aromatic rings. The van der Waals surface area contributed by atoms with Gasteiger partial charge in [0.1, 0.15) is 12.0 Å². The smallest absolute Gasteiger partial charge is 0.140 e. The molecule has 2 heterocycles. The Balaban J connectivity index is 0.000000134. The van der Waals surface area contributed by atoms with Gasteiger partial charge in [0.05, 0.1) is 6.07 Å². The maximum atomic E-state index is 8.55. The number of hydrogen-bond donors (Lipinski definition) is 1. The molecule has 0 saturated heterocycles. The molecule has 1 unspecified atom stereocenters. The summed E-state index contributed by atoms with van der Waals surface area (Å²) in [4.78, 5) is 10.8. The Morgan fingerprint density at radius 3 is 2.89 bits per heavy atom. The van der Waals surface area contributed by atoms with Gasteiger partial charge in [0, 0.05) is 23.7 Å². The summed E-state index contributed by atoms with van der Waals surface area (Å²) < 4.78 is 0. The molecule has 4 heteroatoms. The van der Waals surface area contributed by atoms with Crippen LogP contribution in [-0.2, 0) is 0 Å². The predicted octanol–water partition coefficient (Wildman–Crippen LogP) is 3.29. The summed E-state index contributed by atoms with van der Waals surface area (Å²) in [6.07, 6.45) is 10.4. The first-order chi connectivity index (χ1) is 8.81. The first kappa shape index (κ1) is 12.6. The van der Waals surface area contributed by atoms with E-state index in [1.165, 1.54) is 32.0 Å². The van der Waals surface area contributed by atoms with Crippen molar-refractivity contribution in [1.29, 1.82) is 5.26 Å². The summed E-state index contributed by atoms with van der Waals surface area (Å²) in [5, 5.41) is 9.60. The maximum Gasteiger partial charge on any atom is 0.140 e. The Bertz CT molecular complexity index is 490. The highest BCUT2D eigenvalue weighted by Crippen LogP contribution is 2.30. The van der Waals surface area contributed by atoms with Crippen LogP contribution in [0.3, 0.4) is 0 Å². The number of fused-ring (bicyclic) bond motifs is 1. The average Bonchev–Trinajstić information content (AvgIpc) is 3.09. The van der Waals surface area contributed by atoms with Gasteiger partial charge in [0.15, 0.2) is 0 Å². The largest absolute Gasteiger partial charge is 0.346 e. The summed E-state index contributed by atoms with van der Waals surface area (Å²) in [5.74, 6) is 1.02. The van der Waals surface area contributed by atoms with E-state index in [1.54, 1.807) is 6.20 Å². The van der Waals surface area contributed by atoms with Gasteiger partial charge in [-0.1, -0.05) is 12.8 Å². The Morgan fingerprint density at radius 1 is 1.44 bits per heavy atom. The van der Waals surface area contributed by atoms with Crippen molar-refractivity contribution in [3.63, 3.8) is 0 Å². The van der Waals surface area contributed by atoms with Gasteiger partial charge in [0.2, 0.25) is 0 Å². The van der Waals surface area contributed by atoms with E-state index in [1.807, 2.05) is 19.2 Å². The summed E-state index contributed by atoms with van der Waals surface area (Å²) in [6, 6.07) is 4.25. The van der Waals surface area contributed by atoms with Gasteiger partial charge >= 0.3 is 0 Å². The van der Waals surface area contributed by atoms with Gasteiger partial charge in [-0.15, -0.1) is 0 Å². The molecule has 2 aromatic heterocycles. The lowest BCUT2D eigenvalue weighted by molar-refractivity contribution is 0.443. The Kier molecular flexibility index (Phi) is 4.30. The van der Waals surface area contributed by atoms with E-state index in [0.717, 1.165) is 17.0 Å². The molecule has 94 valence electrons. The number of hydrogen-bond acceptors (Lipinski definition) is 3. The fourth-order valence-electron chi connectivity index (χ4n) is 2.36. The molecule has 18 heavy (non-hydrogen) atoms. The zero-order valence-corrected chi connectivity index (χ0v) is 10.6. The zero-order chi connectivity index (χ0) is 12.8. The van der Waals surface area contributed by atoms with Crippen molar-refractivity contribution in [2.24, 2.45) is 11.8 Å². The second-order valence-electron chi connectivity index (χ2n) is 4.77. The Labute approximate surface area is 107 Å². The van der Waals surface area contributed by atoms with Gasteiger partial charge in [-0.25, -0.2) is 9.97 Å². The second kappa shape index (κ2) is 6.15. The lowest BCUT2D eigenvalue weighted by Gasteiger charge is -2.08. The number of rotatable bonds is 1. The molecule has 1 saturated carbocycles. The lowest BCUT2D eigenvalue weighted by Crippen LogP contribution is -2.03. The van der Waals surface area contributed by atoms with E-state index in [0.29, 0.717) is 5.92 Å². The summed E-state index contributed by atoms with van der Waals surface area (Å²) in [5.41, 5.74) is 0.894. The van der Waals surface area contributed by atoms with Crippen LogP contribution in [0.1, 0.15) is 32.6 Å².